The number of ether oxygens (including phenoxy) is 3. The molecule has 0 aliphatic carbocycles. The Balaban J connectivity index is 1.26. The van der Waals surface area contributed by atoms with Crippen molar-refractivity contribution >= 4 is 34.2 Å². The largest absolute Gasteiger partial charge is 0.481 e. The van der Waals surface area contributed by atoms with Crippen LogP contribution >= 0.6 is 11.8 Å². The molecule has 0 bridgehead atoms. The molecule has 0 amide bonds. The molecule has 0 spiro atoms. The Morgan fingerprint density at radius 3 is 2.80 bits per heavy atom. The van der Waals surface area contributed by atoms with E-state index in [2.05, 4.69) is 24.3 Å². The average Bonchev–Trinajstić information content (AvgIpc) is 3.42. The van der Waals surface area contributed by atoms with Crippen molar-refractivity contribution in [2.45, 2.75) is 42.9 Å². The number of nitrogens with zero attached hydrogens (tertiary/aromatic N) is 5. The van der Waals surface area contributed by atoms with Crippen LogP contribution in [-0.4, -0.2) is 52.5 Å². The number of aromatic nitrogens is 3. The third kappa shape index (κ3) is 4.48. The maximum absolute atomic E-state index is 14.0. The molecule has 1 saturated heterocycles. The summed E-state index contributed by atoms with van der Waals surface area (Å²) >= 11 is 1.72. The summed E-state index contributed by atoms with van der Waals surface area (Å²) < 4.78 is 18.8. The molecule has 10 nitrogen and oxygen atoms in total. The minimum absolute atomic E-state index is 0.0551. The predicted molar refractivity (Wildman–Crippen MR) is 154 cm³/mol. The third-order valence-electron chi connectivity index (χ3n) is 7.94. The lowest BCUT2D eigenvalue weighted by Gasteiger charge is -2.41. The normalized spacial score (nSPS) is 17.6. The molecule has 206 valence electrons. The molecule has 2 N–H and O–H groups in total. The molecular weight excluding hydrogens is 528 g/mol. The number of hydrogen-bond acceptors (Lipinski definition) is 10. The van der Waals surface area contributed by atoms with Gasteiger partial charge in [0.25, 0.3) is 0 Å². The SMILES string of the molecule is COc1cc(CN(Cc2c3n(c4cc5c(cc4c2=O)OCO5)CS3)[C@H]2CCCN(c3ccc(N)nc3)C2)ccn1. The lowest BCUT2D eigenvalue weighted by Crippen LogP contribution is -2.48. The highest BCUT2D eigenvalue weighted by Crippen LogP contribution is 2.41. The van der Waals surface area contributed by atoms with E-state index in [4.69, 9.17) is 19.9 Å². The number of rotatable bonds is 7. The Bertz CT molecular complexity index is 1640. The van der Waals surface area contributed by atoms with Gasteiger partial charge in [-0.3, -0.25) is 9.69 Å². The molecular formula is C29H30N6O4S. The molecule has 6 heterocycles. The van der Waals surface area contributed by atoms with Crippen LogP contribution in [0.25, 0.3) is 10.9 Å². The Morgan fingerprint density at radius 1 is 1.15 bits per heavy atom. The third-order valence-corrected chi connectivity index (χ3v) is 9.07. The highest BCUT2D eigenvalue weighted by atomic mass is 32.2. The van der Waals surface area contributed by atoms with Gasteiger partial charge in [0.2, 0.25) is 12.7 Å². The topological polar surface area (TPSA) is 108 Å². The quantitative estimate of drug-likeness (QED) is 0.359. The summed E-state index contributed by atoms with van der Waals surface area (Å²) in [5.74, 6) is 3.22. The van der Waals surface area contributed by atoms with Crippen LogP contribution in [0, 0.1) is 0 Å². The lowest BCUT2D eigenvalue weighted by atomic mass is 10.0. The van der Waals surface area contributed by atoms with Gasteiger partial charge in [0, 0.05) is 56.1 Å². The van der Waals surface area contributed by atoms with Gasteiger partial charge in [0.1, 0.15) is 5.82 Å². The van der Waals surface area contributed by atoms with Crippen molar-refractivity contribution in [1.29, 1.82) is 0 Å². The summed E-state index contributed by atoms with van der Waals surface area (Å²) in [6, 6.07) is 11.9. The van der Waals surface area contributed by atoms with Crippen LogP contribution in [-0.2, 0) is 19.0 Å². The zero-order valence-corrected chi connectivity index (χ0v) is 23.0. The van der Waals surface area contributed by atoms with Gasteiger partial charge in [-0.1, -0.05) is 11.8 Å². The van der Waals surface area contributed by atoms with E-state index >= 15 is 0 Å². The molecule has 1 aromatic carbocycles. The van der Waals surface area contributed by atoms with Gasteiger partial charge >= 0.3 is 0 Å². The summed E-state index contributed by atoms with van der Waals surface area (Å²) in [5.41, 5.74) is 9.78. The molecule has 40 heavy (non-hydrogen) atoms. The molecule has 4 aromatic rings. The van der Waals surface area contributed by atoms with Gasteiger partial charge < -0.3 is 29.4 Å². The second kappa shape index (κ2) is 10.2. The minimum atomic E-state index is 0.0551. The number of anilines is 2. The fourth-order valence-corrected chi connectivity index (χ4v) is 6.80. The number of piperidine rings is 1. The summed E-state index contributed by atoms with van der Waals surface area (Å²) in [7, 11) is 1.63. The second-order valence-corrected chi connectivity index (χ2v) is 11.3. The highest BCUT2D eigenvalue weighted by Gasteiger charge is 2.31. The van der Waals surface area contributed by atoms with Gasteiger partial charge in [-0.25, -0.2) is 9.97 Å². The number of thioether (sulfide) groups is 1. The standard InChI is InChI=1S/C29H30N6O4S/c1-37-27-9-18(6-7-31-27)13-34(20-3-2-8-33(14-20)19-4-5-26(30)32-12-19)15-22-28(36)21-10-24-25(39-17-38-24)11-23(21)35-16-40-29(22)35/h4-7,9-12,20H,2-3,8,13-17H2,1H3,(H2,30,32)/t20-/m0/s1. The number of methoxy groups -OCH3 is 1. The zero-order chi connectivity index (χ0) is 27.2. The maximum atomic E-state index is 14.0. The van der Waals surface area contributed by atoms with E-state index < -0.39 is 0 Å². The van der Waals surface area contributed by atoms with Crippen molar-refractivity contribution in [3.63, 3.8) is 0 Å². The fraction of sp³-hybridized carbons (Fsp3) is 0.345. The van der Waals surface area contributed by atoms with E-state index in [9.17, 15) is 4.79 Å². The van der Waals surface area contributed by atoms with Gasteiger partial charge in [0.05, 0.1) is 40.8 Å². The maximum Gasteiger partial charge on any atom is 0.231 e. The monoisotopic (exact) mass is 558 g/mol. The molecule has 7 rings (SSSR count). The van der Waals surface area contributed by atoms with E-state index in [1.807, 2.05) is 42.6 Å². The molecule has 0 radical (unpaired) electrons. The number of pyridine rings is 3. The highest BCUT2D eigenvalue weighted by molar-refractivity contribution is 7.99. The molecule has 0 unspecified atom stereocenters. The van der Waals surface area contributed by atoms with Crippen molar-refractivity contribution in [2.75, 3.05) is 37.6 Å². The van der Waals surface area contributed by atoms with Crippen molar-refractivity contribution < 1.29 is 14.2 Å². The van der Waals surface area contributed by atoms with Crippen molar-refractivity contribution in [3.05, 3.63) is 70.1 Å². The first-order valence-electron chi connectivity index (χ1n) is 13.4. The number of nitrogens with two attached hydrogens (primary N) is 1. The van der Waals surface area contributed by atoms with Gasteiger partial charge in [0.15, 0.2) is 16.9 Å². The first-order valence-corrected chi connectivity index (χ1v) is 14.4. The lowest BCUT2D eigenvalue weighted by molar-refractivity contribution is 0.156. The van der Waals surface area contributed by atoms with Gasteiger partial charge in [-0.2, -0.15) is 0 Å². The van der Waals surface area contributed by atoms with Crippen molar-refractivity contribution in [1.82, 2.24) is 19.4 Å². The van der Waals surface area contributed by atoms with Crippen LogP contribution in [0.1, 0.15) is 24.0 Å². The number of hydrogen-bond donors (Lipinski definition) is 1. The van der Waals surface area contributed by atoms with Crippen LogP contribution < -0.4 is 30.3 Å². The molecule has 3 aromatic heterocycles. The summed E-state index contributed by atoms with van der Waals surface area (Å²) in [5, 5.41) is 1.70. The Kier molecular flexibility index (Phi) is 6.39. The molecule has 3 aliphatic rings. The van der Waals surface area contributed by atoms with Crippen molar-refractivity contribution in [2.24, 2.45) is 0 Å². The van der Waals surface area contributed by atoms with E-state index in [0.29, 0.717) is 41.7 Å². The fourth-order valence-electron chi connectivity index (χ4n) is 5.84. The number of benzene rings is 1. The first-order chi connectivity index (χ1) is 19.6. The Labute approximate surface area is 235 Å². The average molecular weight is 559 g/mol. The van der Waals surface area contributed by atoms with Crippen LogP contribution in [0.15, 0.2) is 58.6 Å². The zero-order valence-electron chi connectivity index (χ0n) is 22.2. The van der Waals surface area contributed by atoms with Crippen molar-refractivity contribution in [3.8, 4) is 17.4 Å². The smallest absolute Gasteiger partial charge is 0.231 e. The number of nitrogen functional groups attached to an aromatic ring is 1. The van der Waals surface area contributed by atoms with Crippen LogP contribution in [0.2, 0.25) is 0 Å². The van der Waals surface area contributed by atoms with E-state index in [0.717, 1.165) is 59.2 Å². The molecule has 1 fully saturated rings. The molecule has 0 saturated carbocycles. The van der Waals surface area contributed by atoms with Gasteiger partial charge in [-0.15, -0.1) is 0 Å². The Hall–Kier alpha value is -3.96. The molecule has 3 aliphatic heterocycles. The van der Waals surface area contributed by atoms with Crippen LogP contribution in [0.4, 0.5) is 11.5 Å². The van der Waals surface area contributed by atoms with E-state index in [1.54, 1.807) is 25.1 Å². The first kappa shape index (κ1) is 25.0. The van der Waals surface area contributed by atoms with Crippen LogP contribution in [0.5, 0.6) is 17.4 Å². The van der Waals surface area contributed by atoms with Gasteiger partial charge in [-0.05, 0) is 42.7 Å². The summed E-state index contributed by atoms with van der Waals surface area (Å²) in [4.78, 5) is 27.4. The second-order valence-electron chi connectivity index (χ2n) is 10.3. The van der Waals surface area contributed by atoms with Crippen LogP contribution in [0.3, 0.4) is 0 Å². The molecule has 11 heteroatoms. The molecule has 1 atom stereocenters. The van der Waals surface area contributed by atoms with E-state index in [-0.39, 0.29) is 18.3 Å². The van der Waals surface area contributed by atoms with E-state index in [1.165, 1.54) is 0 Å². The minimum Gasteiger partial charge on any atom is -0.481 e. The number of fused-ring (bicyclic) bond motifs is 4. The Morgan fingerprint density at radius 2 is 2.02 bits per heavy atom. The summed E-state index contributed by atoms with van der Waals surface area (Å²) in [6.45, 7) is 3.17. The predicted octanol–water partition coefficient (Wildman–Crippen LogP) is 3.85. The summed E-state index contributed by atoms with van der Waals surface area (Å²) in [6.07, 6.45) is 5.69.